The number of benzene rings is 4. The fourth-order valence-electron chi connectivity index (χ4n) is 7.06. The minimum absolute atomic E-state index is 0. The number of aromatic nitrogens is 5. The maximum atomic E-state index is 8.88. The third kappa shape index (κ3) is 8.83. The van der Waals surface area contributed by atoms with E-state index in [1.807, 2.05) is 36.4 Å². The van der Waals surface area contributed by atoms with Gasteiger partial charge in [-0.25, -0.2) is 15.0 Å². The Morgan fingerprint density at radius 2 is 1.40 bits per heavy atom. The second kappa shape index (κ2) is 18.3. The number of anilines is 5. The minimum Gasteiger partial charge on any atom is -0.657 e. The molecule has 0 fully saturated rings. The van der Waals surface area contributed by atoms with Crippen LogP contribution in [0.3, 0.4) is 0 Å². The number of hydrogen-bond donors (Lipinski definition) is 1. The van der Waals surface area contributed by atoms with E-state index in [0.29, 0.717) is 39.9 Å². The van der Waals surface area contributed by atoms with Crippen LogP contribution in [0.5, 0.6) is 0 Å². The van der Waals surface area contributed by atoms with Gasteiger partial charge < -0.3 is 25.0 Å². The summed E-state index contributed by atoms with van der Waals surface area (Å²) in [7, 11) is 0. The molecule has 0 unspecified atom stereocenters. The standard InChI is InChI=1S/C34H41N8.C14H6N3.Pt/c1-21(2)25-16-29(22(3)4)31(30(17-25)23(5)6)26-14-27(39-19-40(8)32-24(7)35-10-11-36-32)18-28(15-26)42-20-41(9)33-34(42)38-13-12-37-33;15-7-9-1-3-13-11(5-9)12-6-10(8-16)2-4-14(12)17-13;/h10-17,19-23,39H,1-9H3;1-6H;/q-3;-1;+4/i8D3,9D3;;. The zero-order valence-electron chi connectivity index (χ0n) is 40.3. The van der Waals surface area contributed by atoms with E-state index < -0.39 is 14.0 Å². The van der Waals surface area contributed by atoms with Gasteiger partial charge in [0, 0.05) is 33.0 Å². The molecule has 0 atom stereocenters. The van der Waals surface area contributed by atoms with E-state index in [2.05, 4.69) is 102 Å². The first-order chi connectivity index (χ1) is 30.8. The molecule has 4 heterocycles. The van der Waals surface area contributed by atoms with Crippen LogP contribution in [-0.2, 0) is 21.1 Å². The van der Waals surface area contributed by atoms with Crippen LogP contribution in [0.15, 0.2) is 85.5 Å². The van der Waals surface area contributed by atoms with Gasteiger partial charge in [-0.15, -0.1) is 52.8 Å². The molecule has 4 aromatic carbocycles. The van der Waals surface area contributed by atoms with Crippen LogP contribution in [0.25, 0.3) is 32.9 Å². The number of hydrogen-bond acceptors (Lipinski definition) is 10. The van der Waals surface area contributed by atoms with E-state index in [9.17, 15) is 0 Å². The third-order valence-electron chi connectivity index (χ3n) is 10.1. The molecule has 1 aliphatic rings. The predicted octanol–water partition coefficient (Wildman–Crippen LogP) is 10.5. The van der Waals surface area contributed by atoms with Crippen LogP contribution in [0, 0.1) is 49.0 Å². The topological polar surface area (TPSA) is 135 Å². The average Bonchev–Trinajstić information content (AvgIpc) is 3.85. The second-order valence-corrected chi connectivity index (χ2v) is 15.2. The summed E-state index contributed by atoms with van der Waals surface area (Å²) in [5.41, 5.74) is 9.82. The van der Waals surface area contributed by atoms with E-state index in [-0.39, 0.29) is 44.5 Å². The van der Waals surface area contributed by atoms with Gasteiger partial charge >= 0.3 is 21.1 Å². The first-order valence-electron chi connectivity index (χ1n) is 22.3. The van der Waals surface area contributed by atoms with Gasteiger partial charge in [-0.2, -0.15) is 17.2 Å². The molecule has 304 valence electrons. The summed E-state index contributed by atoms with van der Waals surface area (Å²) in [6.07, 6.45) is 5.91. The SMILES string of the molecule is N#Cc1ccc2[n-]c3ccc(C#N)cc3c2c1.[2H]C([2H])([2H])N([CH-]Nc1[c-]c(N2[CH-]N(C([2H])([2H])[2H])c3nccnc32)cc(-c2c(C(C)C)cc(C(C)C)cc2C(C)C)c1)c1nccnc1C.[Pt+4]. The minimum atomic E-state index is -2.58. The molecular formula is C48H47N11Pt. The number of aryl methyl sites for hydroxylation is 1. The molecule has 60 heavy (non-hydrogen) atoms. The summed E-state index contributed by atoms with van der Waals surface area (Å²) in [6, 6.07) is 26.8. The fraction of sp³-hybridized carbons (Fsp3) is 0.250. The Morgan fingerprint density at radius 3 is 1.95 bits per heavy atom. The molecule has 0 radical (unpaired) electrons. The summed E-state index contributed by atoms with van der Waals surface area (Å²) < 4.78 is 49.1. The van der Waals surface area contributed by atoms with Crippen molar-refractivity contribution in [3.05, 3.63) is 138 Å². The van der Waals surface area contributed by atoms with Crippen molar-refractivity contribution in [2.45, 2.75) is 66.2 Å². The zero-order chi connectivity index (χ0) is 47.0. The Labute approximate surface area is 375 Å². The molecule has 0 aliphatic carbocycles. The van der Waals surface area contributed by atoms with Crippen LogP contribution < -0.4 is 25.0 Å². The van der Waals surface area contributed by atoms with Crippen molar-refractivity contribution in [1.82, 2.24) is 24.9 Å². The van der Waals surface area contributed by atoms with E-state index in [1.165, 1.54) is 54.8 Å². The summed E-state index contributed by atoms with van der Waals surface area (Å²) >= 11 is 0. The molecule has 0 saturated carbocycles. The van der Waals surface area contributed by atoms with Crippen molar-refractivity contribution < 1.29 is 29.3 Å². The predicted molar refractivity (Wildman–Crippen MR) is 237 cm³/mol. The van der Waals surface area contributed by atoms with Crippen LogP contribution in [-0.4, -0.2) is 33.9 Å². The smallest absolute Gasteiger partial charge is 0.657 e. The first kappa shape index (κ1) is 35.6. The molecule has 1 N–H and O–H groups in total. The first-order valence-corrected chi connectivity index (χ1v) is 19.3. The zero-order valence-corrected chi connectivity index (χ0v) is 36.5. The molecule has 1 aliphatic heterocycles. The quantitative estimate of drug-likeness (QED) is 0.139. The molecule has 0 amide bonds. The fourth-order valence-corrected chi connectivity index (χ4v) is 7.06. The average molecular weight is 979 g/mol. The second-order valence-electron chi connectivity index (χ2n) is 15.2. The number of nitriles is 2. The normalized spacial score (nSPS) is 13.9. The Hall–Kier alpha value is -6.29. The van der Waals surface area contributed by atoms with E-state index in [0.717, 1.165) is 42.7 Å². The number of rotatable bonds is 9. The van der Waals surface area contributed by atoms with Gasteiger partial charge in [-0.05, 0) is 95.9 Å². The van der Waals surface area contributed by atoms with Gasteiger partial charge in [-0.3, -0.25) is 4.98 Å². The monoisotopic (exact) mass is 978 g/mol. The number of nitrogens with zero attached hydrogens (tertiary/aromatic N) is 10. The van der Waals surface area contributed by atoms with Crippen molar-refractivity contribution in [2.24, 2.45) is 0 Å². The van der Waals surface area contributed by atoms with Crippen LogP contribution >= 0.6 is 0 Å². The van der Waals surface area contributed by atoms with Gasteiger partial charge in [0.2, 0.25) is 0 Å². The molecular weight excluding hydrogens is 926 g/mol. The molecule has 8 rings (SSSR count). The van der Waals surface area contributed by atoms with Gasteiger partial charge in [0.1, 0.15) is 17.5 Å². The Morgan fingerprint density at radius 1 is 0.800 bits per heavy atom. The third-order valence-corrected chi connectivity index (χ3v) is 10.1. The summed E-state index contributed by atoms with van der Waals surface area (Å²) in [4.78, 5) is 25.6. The Balaban J connectivity index is 0.000000332. The van der Waals surface area contributed by atoms with Crippen LogP contribution in [0.4, 0.5) is 28.8 Å². The van der Waals surface area contributed by atoms with E-state index in [1.54, 1.807) is 24.0 Å². The summed E-state index contributed by atoms with van der Waals surface area (Å²) in [5, 5.41) is 22.8. The van der Waals surface area contributed by atoms with Gasteiger partial charge in [-0.1, -0.05) is 65.8 Å². The van der Waals surface area contributed by atoms with Crippen molar-refractivity contribution >= 4 is 50.6 Å². The van der Waals surface area contributed by atoms with Crippen molar-refractivity contribution in [3.8, 4) is 23.3 Å². The Bertz CT molecular complexity index is 2870. The molecule has 7 aromatic rings. The maximum Gasteiger partial charge on any atom is 4.00 e. The van der Waals surface area contributed by atoms with Gasteiger partial charge in [0.25, 0.3) is 0 Å². The molecule has 11 nitrogen and oxygen atoms in total. The van der Waals surface area contributed by atoms with Crippen LogP contribution in [0.1, 0.15) is 101 Å². The van der Waals surface area contributed by atoms with Crippen LogP contribution in [0.2, 0.25) is 0 Å². The molecule has 0 bridgehead atoms. The van der Waals surface area contributed by atoms with Gasteiger partial charge in [0.05, 0.1) is 29.0 Å². The van der Waals surface area contributed by atoms with Gasteiger partial charge in [0.15, 0.2) is 0 Å². The molecule has 0 spiro atoms. The summed E-state index contributed by atoms with van der Waals surface area (Å²) in [5.74, 6) is 1.41. The van der Waals surface area contributed by atoms with Crippen molar-refractivity contribution in [1.29, 1.82) is 10.5 Å². The number of fused-ring (bicyclic) bond motifs is 4. The van der Waals surface area contributed by atoms with Crippen molar-refractivity contribution in [2.75, 3.05) is 34.0 Å². The molecule has 0 saturated heterocycles. The maximum absolute atomic E-state index is 8.88. The van der Waals surface area contributed by atoms with E-state index >= 15 is 0 Å². The Kier molecular flexibility index (Phi) is 10.9. The largest absolute Gasteiger partial charge is 4.00 e. The molecule has 12 heteroatoms. The number of nitrogens with one attached hydrogen (secondary N) is 1. The van der Waals surface area contributed by atoms with Crippen molar-refractivity contribution in [3.63, 3.8) is 0 Å². The molecule has 3 aromatic heterocycles. The van der Waals surface area contributed by atoms with E-state index in [4.69, 9.17) is 18.7 Å². The summed E-state index contributed by atoms with van der Waals surface area (Å²) in [6.45, 7) is 12.4.